The zero-order chi connectivity index (χ0) is 22.8. The third-order valence-corrected chi connectivity index (χ3v) is 5.15. The number of aromatic amines is 2. The van der Waals surface area contributed by atoms with Crippen LogP contribution >= 0.6 is 0 Å². The highest BCUT2D eigenvalue weighted by Crippen LogP contribution is 2.38. The van der Waals surface area contributed by atoms with Crippen LogP contribution in [0.25, 0.3) is 0 Å². The van der Waals surface area contributed by atoms with Gasteiger partial charge in [-0.05, 0) is 67.2 Å². The molecule has 2 aliphatic rings. The topological polar surface area (TPSA) is 132 Å². The zero-order valence-electron chi connectivity index (χ0n) is 18.1. The van der Waals surface area contributed by atoms with Gasteiger partial charge in [0.1, 0.15) is 11.1 Å². The van der Waals surface area contributed by atoms with Gasteiger partial charge < -0.3 is 20.4 Å². The van der Waals surface area contributed by atoms with Crippen LogP contribution in [0.4, 0.5) is 0 Å². The molecule has 4 N–H and O–H groups in total. The Kier molecular flexibility index (Phi) is 6.48. The quantitative estimate of drug-likeness (QED) is 0.582. The lowest BCUT2D eigenvalue weighted by atomic mass is 9.97. The van der Waals surface area contributed by atoms with Crippen molar-refractivity contribution in [2.75, 3.05) is 6.54 Å². The van der Waals surface area contributed by atoms with Crippen molar-refractivity contribution in [1.82, 2.24) is 15.3 Å². The van der Waals surface area contributed by atoms with E-state index in [9.17, 15) is 19.2 Å². The van der Waals surface area contributed by atoms with E-state index in [1.54, 1.807) is 12.1 Å². The minimum Gasteiger partial charge on any atom is -0.477 e. The molecule has 2 aliphatic carbocycles. The minimum atomic E-state index is -1.18. The molecule has 0 atom stereocenters. The van der Waals surface area contributed by atoms with Gasteiger partial charge in [0, 0.05) is 17.9 Å². The van der Waals surface area contributed by atoms with Crippen molar-refractivity contribution in [1.29, 1.82) is 0 Å². The highest BCUT2D eigenvalue weighted by molar-refractivity contribution is 5.93. The van der Waals surface area contributed by atoms with Crippen molar-refractivity contribution in [2.24, 2.45) is 5.41 Å². The van der Waals surface area contributed by atoms with E-state index in [0.29, 0.717) is 18.4 Å². The molecule has 4 rings (SSSR count). The standard InChI is InChI=1S/C14H20N2O2.C9H9NO3/c1-14(2,3)8-15-12(17)10-6-7-11(9-4-5-9)16-13(10)18;11-8-6(9(12)13)3-4-7(10-8)5-1-2-5/h6-7,9H,4-5,8H2,1-3H3,(H,15,17)(H,16,18);3-5H,1-2H2,(H,10,11)(H,12,13). The third kappa shape index (κ3) is 6.41. The maximum absolute atomic E-state index is 11.9. The van der Waals surface area contributed by atoms with E-state index in [4.69, 9.17) is 5.11 Å². The van der Waals surface area contributed by atoms with Gasteiger partial charge >= 0.3 is 5.97 Å². The van der Waals surface area contributed by atoms with Crippen LogP contribution in [0.15, 0.2) is 33.9 Å². The smallest absolute Gasteiger partial charge is 0.341 e. The molecule has 166 valence electrons. The van der Waals surface area contributed by atoms with Gasteiger partial charge in [0.25, 0.3) is 17.0 Å². The zero-order valence-corrected chi connectivity index (χ0v) is 18.1. The second kappa shape index (κ2) is 8.91. The van der Waals surface area contributed by atoms with Crippen LogP contribution in [0, 0.1) is 5.41 Å². The number of pyridine rings is 2. The molecule has 8 heteroatoms. The van der Waals surface area contributed by atoms with Crippen molar-refractivity contribution in [3.63, 3.8) is 0 Å². The molecule has 2 fully saturated rings. The van der Waals surface area contributed by atoms with Crippen LogP contribution in [0.5, 0.6) is 0 Å². The molecule has 8 nitrogen and oxygen atoms in total. The summed E-state index contributed by atoms with van der Waals surface area (Å²) in [6.07, 6.45) is 4.43. The first-order chi connectivity index (χ1) is 14.5. The fraction of sp³-hybridized carbons (Fsp3) is 0.478. The summed E-state index contributed by atoms with van der Waals surface area (Å²) in [7, 11) is 0. The average molecular weight is 428 g/mol. The van der Waals surface area contributed by atoms with Crippen LogP contribution in [0.1, 0.15) is 90.4 Å². The Morgan fingerprint density at radius 3 is 1.71 bits per heavy atom. The summed E-state index contributed by atoms with van der Waals surface area (Å²) in [5.41, 5.74) is 1.04. The summed E-state index contributed by atoms with van der Waals surface area (Å²) < 4.78 is 0. The molecule has 2 aromatic heterocycles. The lowest BCUT2D eigenvalue weighted by molar-refractivity contribution is 0.0694. The summed E-state index contributed by atoms with van der Waals surface area (Å²) in [4.78, 5) is 50.8. The fourth-order valence-electron chi connectivity index (χ4n) is 3.03. The van der Waals surface area contributed by atoms with Crippen molar-refractivity contribution in [3.05, 3.63) is 67.5 Å². The second-order valence-electron chi connectivity index (χ2n) is 9.41. The number of hydrogen-bond acceptors (Lipinski definition) is 4. The van der Waals surface area contributed by atoms with Crippen molar-refractivity contribution in [3.8, 4) is 0 Å². The van der Waals surface area contributed by atoms with Crippen LogP contribution in [-0.2, 0) is 0 Å². The molecule has 0 saturated heterocycles. The Balaban J connectivity index is 0.000000185. The number of aromatic carboxylic acids is 1. The van der Waals surface area contributed by atoms with Crippen LogP contribution in [-0.4, -0.2) is 33.5 Å². The monoisotopic (exact) mass is 427 g/mol. The van der Waals surface area contributed by atoms with Gasteiger partial charge in [-0.3, -0.25) is 14.4 Å². The predicted molar refractivity (Wildman–Crippen MR) is 117 cm³/mol. The number of H-pyrrole nitrogens is 2. The molecule has 0 spiro atoms. The molecular weight excluding hydrogens is 398 g/mol. The number of carbonyl (C=O) groups excluding carboxylic acids is 1. The second-order valence-corrected chi connectivity index (χ2v) is 9.41. The summed E-state index contributed by atoms with van der Waals surface area (Å²) in [6.45, 7) is 6.66. The summed E-state index contributed by atoms with van der Waals surface area (Å²) in [5, 5.41) is 11.4. The first-order valence-corrected chi connectivity index (χ1v) is 10.5. The van der Waals surface area contributed by atoms with E-state index in [2.05, 4.69) is 15.3 Å². The van der Waals surface area contributed by atoms with E-state index < -0.39 is 11.5 Å². The van der Waals surface area contributed by atoms with Crippen LogP contribution in [0.3, 0.4) is 0 Å². The van der Waals surface area contributed by atoms with Gasteiger partial charge in [0.15, 0.2) is 0 Å². The SMILES string of the molecule is CC(C)(C)CNC(=O)c1ccc(C2CC2)[nH]c1=O.O=C(O)c1ccc(C2CC2)[nH]c1=O. The largest absolute Gasteiger partial charge is 0.477 e. The highest BCUT2D eigenvalue weighted by atomic mass is 16.4. The molecule has 0 unspecified atom stereocenters. The maximum atomic E-state index is 11.9. The lowest BCUT2D eigenvalue weighted by Gasteiger charge is -2.18. The molecular formula is C23H29N3O5. The molecule has 0 bridgehead atoms. The van der Waals surface area contributed by atoms with E-state index >= 15 is 0 Å². The van der Waals surface area contributed by atoms with Gasteiger partial charge in [-0.15, -0.1) is 0 Å². The molecule has 0 aliphatic heterocycles. The molecule has 2 aromatic rings. The first-order valence-electron chi connectivity index (χ1n) is 10.5. The number of carboxylic acid groups (broad SMARTS) is 1. The lowest BCUT2D eigenvalue weighted by Crippen LogP contribution is -2.35. The number of amides is 1. The fourth-order valence-corrected chi connectivity index (χ4v) is 3.03. The third-order valence-electron chi connectivity index (χ3n) is 5.15. The summed E-state index contributed by atoms with van der Waals surface area (Å²) in [5.74, 6) is -0.544. The van der Waals surface area contributed by atoms with Crippen molar-refractivity contribution in [2.45, 2.75) is 58.3 Å². The van der Waals surface area contributed by atoms with E-state index in [1.807, 2.05) is 26.8 Å². The minimum absolute atomic E-state index is 0.0103. The molecule has 2 heterocycles. The molecule has 0 radical (unpaired) electrons. The molecule has 31 heavy (non-hydrogen) atoms. The normalized spacial score (nSPS) is 15.6. The van der Waals surface area contributed by atoms with Crippen LogP contribution in [0.2, 0.25) is 0 Å². The number of nitrogens with one attached hydrogen (secondary N) is 3. The number of aromatic nitrogens is 2. The predicted octanol–water partition coefficient (Wildman–Crippen LogP) is 2.98. The molecule has 0 aromatic carbocycles. The summed E-state index contributed by atoms with van der Waals surface area (Å²) in [6, 6.07) is 6.53. The van der Waals surface area contributed by atoms with Crippen LogP contribution < -0.4 is 16.4 Å². The first kappa shape index (κ1) is 22.5. The summed E-state index contributed by atoms with van der Waals surface area (Å²) >= 11 is 0. The number of hydrogen-bond donors (Lipinski definition) is 4. The maximum Gasteiger partial charge on any atom is 0.341 e. The van der Waals surface area contributed by atoms with Gasteiger partial charge in [-0.2, -0.15) is 0 Å². The van der Waals surface area contributed by atoms with Gasteiger partial charge in [0.05, 0.1) is 0 Å². The van der Waals surface area contributed by atoms with E-state index in [-0.39, 0.29) is 28.0 Å². The number of carboxylic acids is 1. The van der Waals surface area contributed by atoms with E-state index in [0.717, 1.165) is 37.1 Å². The Morgan fingerprint density at radius 1 is 0.903 bits per heavy atom. The molecule has 1 amide bonds. The Labute approximate surface area is 180 Å². The number of rotatable bonds is 5. The number of carbonyl (C=O) groups is 2. The van der Waals surface area contributed by atoms with Gasteiger partial charge in [-0.1, -0.05) is 20.8 Å². The highest BCUT2D eigenvalue weighted by Gasteiger charge is 2.26. The van der Waals surface area contributed by atoms with E-state index in [1.165, 1.54) is 6.07 Å². The molecule has 2 saturated carbocycles. The Bertz CT molecular complexity index is 1090. The average Bonchev–Trinajstić information content (AvgIpc) is 3.58. The Morgan fingerprint density at radius 2 is 1.35 bits per heavy atom. The van der Waals surface area contributed by atoms with Gasteiger partial charge in [-0.25, -0.2) is 4.79 Å². The van der Waals surface area contributed by atoms with Gasteiger partial charge in [0.2, 0.25) is 0 Å². The van der Waals surface area contributed by atoms with Crippen molar-refractivity contribution < 1.29 is 14.7 Å². The Hall–Kier alpha value is -3.16. The van der Waals surface area contributed by atoms with Crippen molar-refractivity contribution >= 4 is 11.9 Å².